The summed E-state index contributed by atoms with van der Waals surface area (Å²) in [5.74, 6) is 0. The zero-order chi connectivity index (χ0) is 8.97. The summed E-state index contributed by atoms with van der Waals surface area (Å²) in [4.78, 5) is 12.4. The maximum absolute atomic E-state index is 10.6. The van der Waals surface area contributed by atoms with Crippen molar-refractivity contribution in [2.75, 3.05) is 18.5 Å². The lowest BCUT2D eigenvalue weighted by molar-refractivity contribution is -0.110. The Labute approximate surface area is 76.8 Å². The Kier molecular flexibility index (Phi) is 3.11. The van der Waals surface area contributed by atoms with E-state index in [0.717, 1.165) is 5.69 Å². The third kappa shape index (κ3) is 2.55. The Morgan fingerprint density at radius 1 is 1.42 bits per heavy atom. The summed E-state index contributed by atoms with van der Waals surface area (Å²) in [7, 11) is 1.83. The first-order valence-electron chi connectivity index (χ1n) is 3.64. The Balaban J connectivity index is 2.65. The molecular weight excluding hydrogens is 174 g/mol. The Bertz CT molecular complexity index is 260. The molecule has 0 amide bonds. The van der Waals surface area contributed by atoms with Crippen molar-refractivity contribution in [3.8, 4) is 0 Å². The maximum atomic E-state index is 10.6. The van der Waals surface area contributed by atoms with E-state index >= 15 is 0 Å². The fourth-order valence-corrected chi connectivity index (χ4v) is 1.14. The van der Waals surface area contributed by atoms with Crippen molar-refractivity contribution >= 4 is 22.5 Å². The van der Waals surface area contributed by atoms with Crippen LogP contribution >= 0.6 is 11.6 Å². The standard InChI is InChI=1S/C9H10ClNO/c1-11(7-9(10)12)8-5-3-2-4-6-8/h2-6H,7H2,1H3. The molecular formula is C9H10ClNO. The van der Waals surface area contributed by atoms with Gasteiger partial charge in [0.05, 0.1) is 6.54 Å². The van der Waals surface area contributed by atoms with Gasteiger partial charge < -0.3 is 4.90 Å². The summed E-state index contributed by atoms with van der Waals surface area (Å²) < 4.78 is 0. The van der Waals surface area contributed by atoms with E-state index in [1.165, 1.54) is 0 Å². The first-order valence-corrected chi connectivity index (χ1v) is 4.02. The van der Waals surface area contributed by atoms with Gasteiger partial charge in [0.15, 0.2) is 0 Å². The molecule has 2 nitrogen and oxygen atoms in total. The van der Waals surface area contributed by atoms with Crippen LogP contribution in [0.15, 0.2) is 30.3 Å². The van der Waals surface area contributed by atoms with Gasteiger partial charge in [-0.3, -0.25) is 4.79 Å². The molecule has 0 aliphatic heterocycles. The molecule has 0 spiro atoms. The van der Waals surface area contributed by atoms with Gasteiger partial charge in [-0.1, -0.05) is 18.2 Å². The molecule has 0 fully saturated rings. The predicted molar refractivity (Wildman–Crippen MR) is 50.6 cm³/mol. The van der Waals surface area contributed by atoms with Gasteiger partial charge >= 0.3 is 0 Å². The normalized spacial score (nSPS) is 9.50. The molecule has 12 heavy (non-hydrogen) atoms. The van der Waals surface area contributed by atoms with Crippen molar-refractivity contribution in [3.05, 3.63) is 30.3 Å². The quantitative estimate of drug-likeness (QED) is 0.667. The van der Waals surface area contributed by atoms with Crippen molar-refractivity contribution in [1.29, 1.82) is 0 Å². The third-order valence-corrected chi connectivity index (χ3v) is 1.68. The number of benzene rings is 1. The summed E-state index contributed by atoms with van der Waals surface area (Å²) in [6, 6.07) is 9.63. The molecule has 0 N–H and O–H groups in total. The van der Waals surface area contributed by atoms with Crippen molar-refractivity contribution in [2.45, 2.75) is 0 Å². The zero-order valence-corrected chi connectivity index (χ0v) is 7.58. The maximum Gasteiger partial charge on any atom is 0.240 e. The van der Waals surface area contributed by atoms with Gasteiger partial charge in [0.2, 0.25) is 5.24 Å². The highest BCUT2D eigenvalue weighted by atomic mass is 35.5. The lowest BCUT2D eigenvalue weighted by Gasteiger charge is -2.15. The third-order valence-electron chi connectivity index (χ3n) is 1.56. The van der Waals surface area contributed by atoms with Gasteiger partial charge in [-0.2, -0.15) is 0 Å². The molecule has 0 aliphatic carbocycles. The number of hydrogen-bond donors (Lipinski definition) is 0. The number of rotatable bonds is 3. The van der Waals surface area contributed by atoms with Gasteiger partial charge in [-0.15, -0.1) is 0 Å². The Morgan fingerprint density at radius 3 is 2.50 bits per heavy atom. The second-order valence-corrected chi connectivity index (χ2v) is 2.97. The number of halogens is 1. The smallest absolute Gasteiger partial charge is 0.240 e. The fourth-order valence-electron chi connectivity index (χ4n) is 0.960. The van der Waals surface area contributed by atoms with Crippen LogP contribution in [-0.2, 0) is 4.79 Å². The highest BCUT2D eigenvalue weighted by Crippen LogP contribution is 2.10. The van der Waals surface area contributed by atoms with Crippen molar-refractivity contribution in [2.24, 2.45) is 0 Å². The number of carbonyl (C=O) groups excluding carboxylic acids is 1. The van der Waals surface area contributed by atoms with Crippen LogP contribution in [-0.4, -0.2) is 18.8 Å². The summed E-state index contributed by atoms with van der Waals surface area (Å²) in [5, 5.41) is -0.346. The number of hydrogen-bond acceptors (Lipinski definition) is 2. The largest absolute Gasteiger partial charge is 0.366 e. The van der Waals surface area contributed by atoms with Gasteiger partial charge in [-0.05, 0) is 23.7 Å². The average molecular weight is 184 g/mol. The van der Waals surface area contributed by atoms with E-state index in [1.807, 2.05) is 37.4 Å². The molecule has 0 unspecified atom stereocenters. The van der Waals surface area contributed by atoms with E-state index in [2.05, 4.69) is 0 Å². The van der Waals surface area contributed by atoms with E-state index in [9.17, 15) is 4.79 Å². The van der Waals surface area contributed by atoms with E-state index in [0.29, 0.717) is 0 Å². The lowest BCUT2D eigenvalue weighted by Crippen LogP contribution is -2.22. The number of para-hydroxylation sites is 1. The molecule has 0 aliphatic rings. The van der Waals surface area contributed by atoms with Crippen LogP contribution in [0, 0.1) is 0 Å². The molecule has 0 heterocycles. The van der Waals surface area contributed by atoms with Crippen LogP contribution < -0.4 is 4.90 Å². The van der Waals surface area contributed by atoms with Gasteiger partial charge in [0.25, 0.3) is 0 Å². The van der Waals surface area contributed by atoms with Gasteiger partial charge in [0.1, 0.15) is 0 Å². The lowest BCUT2D eigenvalue weighted by atomic mass is 10.3. The second-order valence-electron chi connectivity index (χ2n) is 2.55. The number of carbonyl (C=O) groups is 1. The molecule has 0 saturated carbocycles. The Morgan fingerprint density at radius 2 is 2.00 bits per heavy atom. The topological polar surface area (TPSA) is 20.3 Å². The molecule has 0 saturated heterocycles. The first-order chi connectivity index (χ1) is 5.70. The molecule has 0 aromatic heterocycles. The summed E-state index contributed by atoms with van der Waals surface area (Å²) in [6.07, 6.45) is 0. The summed E-state index contributed by atoms with van der Waals surface area (Å²) in [6.45, 7) is 0.242. The van der Waals surface area contributed by atoms with E-state index in [4.69, 9.17) is 11.6 Å². The monoisotopic (exact) mass is 183 g/mol. The Hall–Kier alpha value is -1.02. The molecule has 0 radical (unpaired) electrons. The highest BCUT2D eigenvalue weighted by Gasteiger charge is 2.02. The second kappa shape index (κ2) is 4.12. The van der Waals surface area contributed by atoms with Crippen LogP contribution in [0.5, 0.6) is 0 Å². The fraction of sp³-hybridized carbons (Fsp3) is 0.222. The van der Waals surface area contributed by atoms with E-state index in [-0.39, 0.29) is 11.8 Å². The van der Waals surface area contributed by atoms with Gasteiger partial charge in [0, 0.05) is 12.7 Å². The average Bonchev–Trinajstić information content (AvgIpc) is 2.05. The van der Waals surface area contributed by atoms with Crippen LogP contribution in [0.4, 0.5) is 5.69 Å². The number of nitrogens with zero attached hydrogens (tertiary/aromatic N) is 1. The van der Waals surface area contributed by atoms with Crippen molar-refractivity contribution in [1.82, 2.24) is 0 Å². The minimum absolute atomic E-state index is 0.242. The highest BCUT2D eigenvalue weighted by molar-refractivity contribution is 6.64. The van der Waals surface area contributed by atoms with E-state index in [1.54, 1.807) is 4.90 Å². The molecule has 3 heteroatoms. The molecule has 64 valence electrons. The van der Waals surface area contributed by atoms with Crippen molar-refractivity contribution in [3.63, 3.8) is 0 Å². The van der Waals surface area contributed by atoms with Crippen LogP contribution in [0.25, 0.3) is 0 Å². The SMILES string of the molecule is CN(CC(=O)Cl)c1ccccc1. The number of anilines is 1. The summed E-state index contributed by atoms with van der Waals surface area (Å²) in [5.41, 5.74) is 0.992. The predicted octanol–water partition coefficient (Wildman–Crippen LogP) is 1.89. The summed E-state index contributed by atoms with van der Waals surface area (Å²) >= 11 is 5.24. The van der Waals surface area contributed by atoms with Crippen LogP contribution in [0.3, 0.4) is 0 Å². The van der Waals surface area contributed by atoms with Gasteiger partial charge in [-0.25, -0.2) is 0 Å². The minimum Gasteiger partial charge on any atom is -0.366 e. The molecule has 1 aromatic carbocycles. The molecule has 0 bridgehead atoms. The van der Waals surface area contributed by atoms with Crippen molar-refractivity contribution < 1.29 is 4.79 Å². The minimum atomic E-state index is -0.346. The molecule has 1 rings (SSSR count). The zero-order valence-electron chi connectivity index (χ0n) is 6.83. The van der Waals surface area contributed by atoms with Crippen LogP contribution in [0.2, 0.25) is 0 Å². The molecule has 1 aromatic rings. The van der Waals surface area contributed by atoms with E-state index < -0.39 is 0 Å². The molecule has 0 atom stereocenters. The first kappa shape index (κ1) is 9.07. The van der Waals surface area contributed by atoms with Crippen LogP contribution in [0.1, 0.15) is 0 Å². The number of likely N-dealkylation sites (N-methyl/N-ethyl adjacent to an activating group) is 1.